The van der Waals surface area contributed by atoms with Crippen LogP contribution >= 0.6 is 0 Å². The number of ether oxygens (including phenoxy) is 2. The number of hydrogen-bond acceptors (Lipinski definition) is 4. The summed E-state index contributed by atoms with van der Waals surface area (Å²) in [5, 5.41) is 3.56. The predicted molar refractivity (Wildman–Crippen MR) is 65.8 cm³/mol. The number of rotatable bonds is 7. The van der Waals surface area contributed by atoms with Crippen LogP contribution in [0.4, 0.5) is 0 Å². The first-order valence-electron chi connectivity index (χ1n) is 6.26. The Kier molecular flexibility index (Phi) is 6.96. The summed E-state index contributed by atoms with van der Waals surface area (Å²) >= 11 is 0. The van der Waals surface area contributed by atoms with Crippen LogP contribution in [0, 0.1) is 5.92 Å². The Morgan fingerprint density at radius 2 is 2.31 bits per heavy atom. The summed E-state index contributed by atoms with van der Waals surface area (Å²) in [5.74, 6) is 0.607. The molecule has 96 valence electrons. The molecule has 0 aliphatic carbocycles. The van der Waals surface area contributed by atoms with Crippen LogP contribution in [-0.2, 0) is 9.47 Å². The van der Waals surface area contributed by atoms with Crippen LogP contribution in [0.1, 0.15) is 13.3 Å². The molecule has 1 aliphatic rings. The van der Waals surface area contributed by atoms with E-state index in [0.29, 0.717) is 12.0 Å². The Bertz CT molecular complexity index is 176. The van der Waals surface area contributed by atoms with Gasteiger partial charge in [-0.05, 0) is 20.0 Å². The fourth-order valence-corrected chi connectivity index (χ4v) is 2.25. The van der Waals surface area contributed by atoms with Crippen molar-refractivity contribution in [2.24, 2.45) is 5.92 Å². The van der Waals surface area contributed by atoms with Gasteiger partial charge < -0.3 is 19.7 Å². The van der Waals surface area contributed by atoms with Gasteiger partial charge in [-0.2, -0.15) is 0 Å². The lowest BCUT2D eigenvalue weighted by molar-refractivity contribution is 0.0176. The zero-order valence-corrected chi connectivity index (χ0v) is 10.9. The van der Waals surface area contributed by atoms with E-state index in [1.807, 2.05) is 0 Å². The summed E-state index contributed by atoms with van der Waals surface area (Å²) in [4.78, 5) is 2.33. The third-order valence-corrected chi connectivity index (χ3v) is 3.16. The van der Waals surface area contributed by atoms with Gasteiger partial charge in [0, 0.05) is 38.8 Å². The van der Waals surface area contributed by atoms with E-state index in [2.05, 4.69) is 24.2 Å². The van der Waals surface area contributed by atoms with E-state index in [-0.39, 0.29) is 0 Å². The molecule has 0 saturated carbocycles. The molecular weight excluding hydrogens is 204 g/mol. The van der Waals surface area contributed by atoms with E-state index < -0.39 is 0 Å². The molecule has 1 saturated heterocycles. The summed E-state index contributed by atoms with van der Waals surface area (Å²) in [6.45, 7) is 7.87. The zero-order valence-electron chi connectivity index (χ0n) is 10.9. The lowest BCUT2D eigenvalue weighted by Crippen LogP contribution is -2.47. The van der Waals surface area contributed by atoms with E-state index in [1.54, 1.807) is 7.11 Å². The number of nitrogens with zero attached hydrogens (tertiary/aromatic N) is 1. The number of likely N-dealkylation sites (N-methyl/N-ethyl adjacent to an activating group) is 1. The monoisotopic (exact) mass is 230 g/mol. The average Bonchev–Trinajstić information content (AvgIpc) is 2.29. The first-order chi connectivity index (χ1) is 7.77. The fraction of sp³-hybridized carbons (Fsp3) is 1.00. The molecule has 0 radical (unpaired) electrons. The SMILES string of the molecule is CCNC1CCOCC1CN(C)CCOC. The van der Waals surface area contributed by atoms with Crippen molar-refractivity contribution in [2.45, 2.75) is 19.4 Å². The van der Waals surface area contributed by atoms with Gasteiger partial charge in [0.1, 0.15) is 0 Å². The van der Waals surface area contributed by atoms with E-state index in [9.17, 15) is 0 Å². The van der Waals surface area contributed by atoms with Crippen LogP contribution in [0.5, 0.6) is 0 Å². The molecule has 1 fully saturated rings. The second kappa shape index (κ2) is 8.01. The molecule has 4 heteroatoms. The van der Waals surface area contributed by atoms with Gasteiger partial charge in [0.15, 0.2) is 0 Å². The maximum atomic E-state index is 5.57. The smallest absolute Gasteiger partial charge is 0.0589 e. The highest BCUT2D eigenvalue weighted by molar-refractivity contribution is 4.81. The molecule has 0 aromatic heterocycles. The Labute approximate surface area is 99.3 Å². The van der Waals surface area contributed by atoms with E-state index in [1.165, 1.54) is 0 Å². The highest BCUT2D eigenvalue weighted by Crippen LogP contribution is 2.15. The largest absolute Gasteiger partial charge is 0.383 e. The highest BCUT2D eigenvalue weighted by atomic mass is 16.5. The van der Waals surface area contributed by atoms with Crippen molar-refractivity contribution in [2.75, 3.05) is 53.6 Å². The van der Waals surface area contributed by atoms with Gasteiger partial charge in [0.05, 0.1) is 13.2 Å². The van der Waals surface area contributed by atoms with Gasteiger partial charge in [-0.25, -0.2) is 0 Å². The maximum Gasteiger partial charge on any atom is 0.0589 e. The molecule has 0 amide bonds. The summed E-state index contributed by atoms with van der Waals surface area (Å²) in [6, 6.07) is 0.615. The fourth-order valence-electron chi connectivity index (χ4n) is 2.25. The highest BCUT2D eigenvalue weighted by Gasteiger charge is 2.25. The molecule has 1 heterocycles. The summed E-state index contributed by atoms with van der Waals surface area (Å²) in [6.07, 6.45) is 1.14. The molecule has 0 bridgehead atoms. The second-order valence-corrected chi connectivity index (χ2v) is 4.54. The molecule has 2 unspecified atom stereocenters. The van der Waals surface area contributed by atoms with Crippen molar-refractivity contribution in [3.63, 3.8) is 0 Å². The van der Waals surface area contributed by atoms with Crippen molar-refractivity contribution in [3.05, 3.63) is 0 Å². The quantitative estimate of drug-likeness (QED) is 0.694. The topological polar surface area (TPSA) is 33.7 Å². The zero-order chi connectivity index (χ0) is 11.8. The van der Waals surface area contributed by atoms with E-state index in [0.717, 1.165) is 45.9 Å². The molecular formula is C12H26N2O2. The molecule has 0 aromatic rings. The average molecular weight is 230 g/mol. The van der Waals surface area contributed by atoms with Gasteiger partial charge >= 0.3 is 0 Å². The minimum Gasteiger partial charge on any atom is -0.383 e. The predicted octanol–water partition coefficient (Wildman–Crippen LogP) is 0.579. The summed E-state index contributed by atoms with van der Waals surface area (Å²) < 4.78 is 10.7. The minimum atomic E-state index is 0.607. The van der Waals surface area contributed by atoms with Crippen LogP contribution < -0.4 is 5.32 Å². The standard InChI is InChI=1S/C12H26N2O2/c1-4-13-12-5-7-16-10-11(12)9-14(2)6-8-15-3/h11-13H,4-10H2,1-3H3. The van der Waals surface area contributed by atoms with Crippen LogP contribution in [0.15, 0.2) is 0 Å². The van der Waals surface area contributed by atoms with Crippen molar-refractivity contribution < 1.29 is 9.47 Å². The van der Waals surface area contributed by atoms with Crippen LogP contribution in [-0.4, -0.2) is 64.6 Å². The number of methoxy groups -OCH3 is 1. The summed E-state index contributed by atoms with van der Waals surface area (Å²) in [5.41, 5.74) is 0. The second-order valence-electron chi connectivity index (χ2n) is 4.54. The van der Waals surface area contributed by atoms with Gasteiger partial charge in [0.25, 0.3) is 0 Å². The van der Waals surface area contributed by atoms with E-state index >= 15 is 0 Å². The first-order valence-corrected chi connectivity index (χ1v) is 6.26. The van der Waals surface area contributed by atoms with Gasteiger partial charge in [-0.15, -0.1) is 0 Å². The number of nitrogens with one attached hydrogen (secondary N) is 1. The minimum absolute atomic E-state index is 0.607. The third-order valence-electron chi connectivity index (χ3n) is 3.16. The molecule has 0 spiro atoms. The molecule has 1 rings (SSSR count). The lowest BCUT2D eigenvalue weighted by atomic mass is 9.95. The molecule has 4 nitrogen and oxygen atoms in total. The molecule has 16 heavy (non-hydrogen) atoms. The Morgan fingerprint density at radius 3 is 3.00 bits per heavy atom. The van der Waals surface area contributed by atoms with Crippen LogP contribution in [0.3, 0.4) is 0 Å². The Hall–Kier alpha value is -0.160. The van der Waals surface area contributed by atoms with Crippen molar-refractivity contribution in [1.82, 2.24) is 10.2 Å². The normalized spacial score (nSPS) is 26.2. The van der Waals surface area contributed by atoms with Crippen molar-refractivity contribution in [1.29, 1.82) is 0 Å². The molecule has 1 aliphatic heterocycles. The van der Waals surface area contributed by atoms with E-state index in [4.69, 9.17) is 9.47 Å². The first kappa shape index (κ1) is 13.9. The summed E-state index contributed by atoms with van der Waals surface area (Å²) in [7, 11) is 3.90. The third kappa shape index (κ3) is 4.78. The van der Waals surface area contributed by atoms with Gasteiger partial charge in [-0.3, -0.25) is 0 Å². The Morgan fingerprint density at radius 1 is 1.50 bits per heavy atom. The lowest BCUT2D eigenvalue weighted by Gasteiger charge is -2.34. The molecule has 0 aromatic carbocycles. The van der Waals surface area contributed by atoms with Crippen LogP contribution in [0.25, 0.3) is 0 Å². The van der Waals surface area contributed by atoms with Crippen molar-refractivity contribution >= 4 is 0 Å². The van der Waals surface area contributed by atoms with Gasteiger partial charge in [-0.1, -0.05) is 6.92 Å². The maximum absolute atomic E-state index is 5.57. The van der Waals surface area contributed by atoms with Gasteiger partial charge in [0.2, 0.25) is 0 Å². The Balaban J connectivity index is 2.30. The van der Waals surface area contributed by atoms with Crippen molar-refractivity contribution in [3.8, 4) is 0 Å². The van der Waals surface area contributed by atoms with Crippen LogP contribution in [0.2, 0.25) is 0 Å². The molecule has 2 atom stereocenters. The molecule has 1 N–H and O–H groups in total. The number of hydrogen-bond donors (Lipinski definition) is 1.